The number of aliphatic carboxylic acids is 1. The minimum absolute atomic E-state index is 0.258. The van der Waals surface area contributed by atoms with Crippen molar-refractivity contribution in [3.05, 3.63) is 16.6 Å². The van der Waals surface area contributed by atoms with Gasteiger partial charge in [-0.15, -0.1) is 0 Å². The van der Waals surface area contributed by atoms with Crippen LogP contribution in [0.2, 0.25) is 0 Å². The van der Waals surface area contributed by atoms with Gasteiger partial charge >= 0.3 is 5.97 Å². The van der Waals surface area contributed by atoms with Crippen LogP contribution < -0.4 is 5.73 Å². The van der Waals surface area contributed by atoms with E-state index >= 15 is 0 Å². The fourth-order valence-corrected chi connectivity index (χ4v) is 1.12. The minimum atomic E-state index is -1.01. The van der Waals surface area contributed by atoms with Gasteiger partial charge in [-0.05, 0) is 15.9 Å². The predicted molar refractivity (Wildman–Crippen MR) is 45.6 cm³/mol. The fraction of sp³-hybridized carbons (Fsp3) is 0.333. The summed E-state index contributed by atoms with van der Waals surface area (Å²) in [7, 11) is 0. The molecule has 4 N–H and O–H groups in total. The molecule has 1 atom stereocenters. The quantitative estimate of drug-likeness (QED) is 0.692. The lowest BCUT2D eigenvalue weighted by Gasteiger charge is -2.02. The topological polar surface area (TPSA) is 92.0 Å². The number of imidazole rings is 1. The number of hydrogen-bond donors (Lipinski definition) is 3. The van der Waals surface area contributed by atoms with Gasteiger partial charge in [0, 0.05) is 18.3 Å². The SMILES string of the molecule is N[C@@H](Cc1cnc(Br)[nH]1)C(=O)O. The third-order valence-corrected chi connectivity index (χ3v) is 1.76. The predicted octanol–water partition coefficient (Wildman–Crippen LogP) is 0.127. The summed E-state index contributed by atoms with van der Waals surface area (Å²) in [5.41, 5.74) is 6.00. The van der Waals surface area contributed by atoms with Gasteiger partial charge in [0.1, 0.15) is 6.04 Å². The van der Waals surface area contributed by atoms with Crippen molar-refractivity contribution in [1.29, 1.82) is 0 Å². The van der Waals surface area contributed by atoms with Crippen LogP contribution >= 0.6 is 15.9 Å². The molecule has 12 heavy (non-hydrogen) atoms. The van der Waals surface area contributed by atoms with Crippen LogP contribution in [0.1, 0.15) is 5.69 Å². The van der Waals surface area contributed by atoms with Crippen molar-refractivity contribution in [3.63, 3.8) is 0 Å². The van der Waals surface area contributed by atoms with Crippen LogP contribution in [0.15, 0.2) is 10.9 Å². The van der Waals surface area contributed by atoms with E-state index in [2.05, 4.69) is 25.9 Å². The second-order valence-electron chi connectivity index (χ2n) is 2.35. The third-order valence-electron chi connectivity index (χ3n) is 1.35. The highest BCUT2D eigenvalue weighted by Gasteiger charge is 2.12. The Morgan fingerprint density at radius 2 is 2.58 bits per heavy atom. The Labute approximate surface area is 77.1 Å². The number of aromatic amines is 1. The van der Waals surface area contributed by atoms with Gasteiger partial charge < -0.3 is 15.8 Å². The maximum Gasteiger partial charge on any atom is 0.320 e. The van der Waals surface area contributed by atoms with Gasteiger partial charge in [0.15, 0.2) is 4.73 Å². The summed E-state index contributed by atoms with van der Waals surface area (Å²) >= 11 is 3.10. The van der Waals surface area contributed by atoms with Crippen LogP contribution in [0.25, 0.3) is 0 Å². The number of nitrogens with two attached hydrogens (primary N) is 1. The van der Waals surface area contributed by atoms with Crippen molar-refractivity contribution in [2.24, 2.45) is 5.73 Å². The molecule has 0 aromatic carbocycles. The smallest absolute Gasteiger partial charge is 0.320 e. The van der Waals surface area contributed by atoms with Crippen molar-refractivity contribution in [2.45, 2.75) is 12.5 Å². The molecule has 6 heteroatoms. The molecule has 0 bridgehead atoms. The Kier molecular flexibility index (Phi) is 2.83. The zero-order chi connectivity index (χ0) is 9.14. The normalized spacial score (nSPS) is 12.8. The van der Waals surface area contributed by atoms with Crippen molar-refractivity contribution < 1.29 is 9.90 Å². The van der Waals surface area contributed by atoms with Gasteiger partial charge in [-0.1, -0.05) is 0 Å². The molecule has 0 amide bonds. The molecule has 0 spiro atoms. The highest BCUT2D eigenvalue weighted by Crippen LogP contribution is 2.05. The number of nitrogens with zero attached hydrogens (tertiary/aromatic N) is 1. The fourth-order valence-electron chi connectivity index (χ4n) is 0.760. The molecular weight excluding hydrogens is 226 g/mol. The van der Waals surface area contributed by atoms with Gasteiger partial charge in [-0.25, -0.2) is 4.98 Å². The number of carboxylic acids is 1. The number of H-pyrrole nitrogens is 1. The first kappa shape index (κ1) is 9.21. The van der Waals surface area contributed by atoms with Crippen LogP contribution in [0.5, 0.6) is 0 Å². The summed E-state index contributed by atoms with van der Waals surface area (Å²) in [6.07, 6.45) is 1.81. The van der Waals surface area contributed by atoms with Gasteiger partial charge in [-0.3, -0.25) is 4.79 Å². The molecule has 0 aliphatic carbocycles. The van der Waals surface area contributed by atoms with Crippen LogP contribution in [0, 0.1) is 0 Å². The van der Waals surface area contributed by atoms with E-state index in [9.17, 15) is 4.79 Å². The molecule has 0 fully saturated rings. The molecular formula is C6H8BrN3O2. The Balaban J connectivity index is 2.58. The Bertz CT molecular complexity index is 286. The Morgan fingerprint density at radius 1 is 1.92 bits per heavy atom. The summed E-state index contributed by atoms with van der Waals surface area (Å²) in [6, 6.07) is -0.877. The zero-order valence-corrected chi connectivity index (χ0v) is 7.71. The third kappa shape index (κ3) is 2.31. The Hall–Kier alpha value is -0.880. The van der Waals surface area contributed by atoms with E-state index in [4.69, 9.17) is 10.8 Å². The molecule has 1 heterocycles. The monoisotopic (exact) mass is 233 g/mol. The zero-order valence-electron chi connectivity index (χ0n) is 6.12. The minimum Gasteiger partial charge on any atom is -0.480 e. The van der Waals surface area contributed by atoms with Gasteiger partial charge in [0.25, 0.3) is 0 Å². The summed E-state index contributed by atoms with van der Waals surface area (Å²) in [5, 5.41) is 8.48. The average Bonchev–Trinajstić information content (AvgIpc) is 2.35. The second kappa shape index (κ2) is 3.68. The number of rotatable bonds is 3. The first-order valence-corrected chi connectivity index (χ1v) is 4.06. The number of nitrogens with one attached hydrogen (secondary N) is 1. The van der Waals surface area contributed by atoms with E-state index in [0.29, 0.717) is 10.4 Å². The highest BCUT2D eigenvalue weighted by molar-refractivity contribution is 9.10. The van der Waals surface area contributed by atoms with E-state index in [-0.39, 0.29) is 6.42 Å². The number of halogens is 1. The van der Waals surface area contributed by atoms with Crippen molar-refractivity contribution >= 4 is 21.9 Å². The lowest BCUT2D eigenvalue weighted by molar-refractivity contribution is -0.138. The van der Waals surface area contributed by atoms with Gasteiger partial charge in [-0.2, -0.15) is 0 Å². The Morgan fingerprint density at radius 3 is 3.00 bits per heavy atom. The molecule has 0 saturated carbocycles. The molecule has 0 saturated heterocycles. The molecule has 1 rings (SSSR count). The largest absolute Gasteiger partial charge is 0.480 e. The lowest BCUT2D eigenvalue weighted by atomic mass is 10.2. The summed E-state index contributed by atoms with van der Waals surface area (Å²) in [5.74, 6) is -1.01. The van der Waals surface area contributed by atoms with Crippen molar-refractivity contribution in [3.8, 4) is 0 Å². The van der Waals surface area contributed by atoms with Crippen molar-refractivity contribution in [2.75, 3.05) is 0 Å². The molecule has 0 aliphatic rings. The van der Waals surface area contributed by atoms with E-state index in [1.807, 2.05) is 0 Å². The molecule has 0 aliphatic heterocycles. The van der Waals surface area contributed by atoms with Crippen LogP contribution in [-0.4, -0.2) is 27.1 Å². The number of aromatic nitrogens is 2. The second-order valence-corrected chi connectivity index (χ2v) is 3.10. The number of carboxylic acid groups (broad SMARTS) is 1. The molecule has 1 aromatic heterocycles. The van der Waals surface area contributed by atoms with Crippen LogP contribution in [0.3, 0.4) is 0 Å². The summed E-state index contributed by atoms with van der Waals surface area (Å²) < 4.78 is 0.579. The molecule has 1 aromatic rings. The first-order valence-electron chi connectivity index (χ1n) is 3.27. The van der Waals surface area contributed by atoms with Crippen LogP contribution in [-0.2, 0) is 11.2 Å². The number of hydrogen-bond acceptors (Lipinski definition) is 3. The van der Waals surface area contributed by atoms with E-state index in [1.54, 1.807) is 6.20 Å². The van der Waals surface area contributed by atoms with Crippen molar-refractivity contribution in [1.82, 2.24) is 9.97 Å². The average molecular weight is 234 g/mol. The summed E-state index contributed by atoms with van der Waals surface area (Å²) in [6.45, 7) is 0. The standard InChI is InChI=1S/C6H8BrN3O2/c7-6-9-2-3(10-6)1-4(8)5(11)12/h2,4H,1,8H2,(H,9,10)(H,11,12)/t4-/m0/s1. The molecule has 5 nitrogen and oxygen atoms in total. The first-order chi connectivity index (χ1) is 5.59. The maximum absolute atomic E-state index is 10.3. The molecule has 0 unspecified atom stereocenters. The van der Waals surface area contributed by atoms with E-state index in [1.165, 1.54) is 0 Å². The van der Waals surface area contributed by atoms with E-state index < -0.39 is 12.0 Å². The highest BCUT2D eigenvalue weighted by atomic mass is 79.9. The number of carbonyl (C=O) groups is 1. The summed E-state index contributed by atoms with van der Waals surface area (Å²) in [4.78, 5) is 17.0. The molecule has 0 radical (unpaired) electrons. The molecule has 66 valence electrons. The maximum atomic E-state index is 10.3. The lowest BCUT2D eigenvalue weighted by Crippen LogP contribution is -2.32. The van der Waals surface area contributed by atoms with Gasteiger partial charge in [0.2, 0.25) is 0 Å². The van der Waals surface area contributed by atoms with Gasteiger partial charge in [0.05, 0.1) is 0 Å². The van der Waals surface area contributed by atoms with E-state index in [0.717, 1.165) is 0 Å². The van der Waals surface area contributed by atoms with Crippen LogP contribution in [0.4, 0.5) is 0 Å².